The summed E-state index contributed by atoms with van der Waals surface area (Å²) in [5, 5.41) is 3.56. The van der Waals surface area contributed by atoms with E-state index in [9.17, 15) is 0 Å². The van der Waals surface area contributed by atoms with Gasteiger partial charge in [-0.3, -0.25) is 0 Å². The summed E-state index contributed by atoms with van der Waals surface area (Å²) >= 11 is 0. The highest BCUT2D eigenvalue weighted by Crippen LogP contribution is 2.42. The number of hydrogen-bond donors (Lipinski definition) is 1. The topological polar surface area (TPSA) is 15.3 Å². The number of anilines is 1. The van der Waals surface area contributed by atoms with Gasteiger partial charge in [0, 0.05) is 31.7 Å². The average Bonchev–Trinajstić information content (AvgIpc) is 2.28. The fourth-order valence-electron chi connectivity index (χ4n) is 3.74. The highest BCUT2D eigenvalue weighted by atomic mass is 15.1. The van der Waals surface area contributed by atoms with Crippen molar-refractivity contribution in [3.8, 4) is 0 Å². The van der Waals surface area contributed by atoms with Gasteiger partial charge in [0.25, 0.3) is 0 Å². The summed E-state index contributed by atoms with van der Waals surface area (Å²) in [5.41, 5.74) is 5.90. The number of aryl methyl sites for hydroxylation is 2. The SMILES string of the molecule is Cc1cc(C)c2c(c1)C1CNCCC1CN2C. The van der Waals surface area contributed by atoms with E-state index in [-0.39, 0.29) is 0 Å². The van der Waals surface area contributed by atoms with Crippen LogP contribution in [0.4, 0.5) is 5.69 Å². The van der Waals surface area contributed by atoms with Crippen molar-refractivity contribution < 1.29 is 0 Å². The molecule has 1 saturated heterocycles. The zero-order valence-electron chi connectivity index (χ0n) is 11.1. The largest absolute Gasteiger partial charge is 0.374 e. The Bertz CT molecular complexity index is 439. The van der Waals surface area contributed by atoms with Crippen molar-refractivity contribution in [2.75, 3.05) is 31.6 Å². The summed E-state index contributed by atoms with van der Waals surface area (Å²) in [4.78, 5) is 2.47. The smallest absolute Gasteiger partial charge is 0.0429 e. The molecule has 2 nitrogen and oxygen atoms in total. The minimum Gasteiger partial charge on any atom is -0.374 e. The molecule has 0 aliphatic carbocycles. The molecule has 2 aliphatic heterocycles. The molecule has 2 aliphatic rings. The number of nitrogens with one attached hydrogen (secondary N) is 1. The molecule has 2 heterocycles. The van der Waals surface area contributed by atoms with E-state index in [1.54, 1.807) is 5.56 Å². The lowest BCUT2D eigenvalue weighted by Crippen LogP contribution is -2.44. The molecule has 1 aromatic rings. The molecule has 17 heavy (non-hydrogen) atoms. The molecule has 1 fully saturated rings. The van der Waals surface area contributed by atoms with Crippen molar-refractivity contribution >= 4 is 5.69 Å². The zero-order chi connectivity index (χ0) is 12.0. The third kappa shape index (κ3) is 1.75. The van der Waals surface area contributed by atoms with E-state index in [0.717, 1.165) is 18.4 Å². The lowest BCUT2D eigenvalue weighted by atomic mass is 9.76. The van der Waals surface area contributed by atoms with Crippen LogP contribution in [0.2, 0.25) is 0 Å². The number of nitrogens with zero attached hydrogens (tertiary/aromatic N) is 1. The second-order valence-corrected chi connectivity index (χ2v) is 5.76. The van der Waals surface area contributed by atoms with Gasteiger partial charge in [0.1, 0.15) is 0 Å². The normalized spacial score (nSPS) is 27.6. The molecule has 0 bridgehead atoms. The van der Waals surface area contributed by atoms with Crippen LogP contribution in [-0.2, 0) is 0 Å². The summed E-state index contributed by atoms with van der Waals surface area (Å²) < 4.78 is 0. The fraction of sp³-hybridized carbons (Fsp3) is 0.600. The van der Waals surface area contributed by atoms with Crippen LogP contribution in [0.3, 0.4) is 0 Å². The van der Waals surface area contributed by atoms with Gasteiger partial charge in [-0.05, 0) is 43.9 Å². The number of hydrogen-bond acceptors (Lipinski definition) is 2. The Morgan fingerprint density at radius 1 is 1.29 bits per heavy atom. The third-order valence-electron chi connectivity index (χ3n) is 4.39. The first-order valence-corrected chi connectivity index (χ1v) is 6.70. The monoisotopic (exact) mass is 230 g/mol. The van der Waals surface area contributed by atoms with Crippen LogP contribution in [0.5, 0.6) is 0 Å². The fourth-order valence-corrected chi connectivity index (χ4v) is 3.74. The molecule has 3 rings (SSSR count). The molecule has 1 N–H and O–H groups in total. The van der Waals surface area contributed by atoms with Gasteiger partial charge < -0.3 is 10.2 Å². The number of rotatable bonds is 0. The molecular weight excluding hydrogens is 208 g/mol. The van der Waals surface area contributed by atoms with Crippen molar-refractivity contribution in [2.45, 2.75) is 26.2 Å². The molecule has 2 heteroatoms. The van der Waals surface area contributed by atoms with E-state index in [2.05, 4.69) is 43.2 Å². The standard InChI is InChI=1S/C15H22N2/c1-10-6-11(2)15-13(7-10)14-8-16-5-4-12(14)9-17(15)3/h6-7,12,14,16H,4-5,8-9H2,1-3H3. The van der Waals surface area contributed by atoms with Gasteiger partial charge in [0.2, 0.25) is 0 Å². The van der Waals surface area contributed by atoms with Gasteiger partial charge >= 0.3 is 0 Å². The third-order valence-corrected chi connectivity index (χ3v) is 4.39. The Balaban J connectivity index is 2.11. The molecule has 2 unspecified atom stereocenters. The highest BCUT2D eigenvalue weighted by molar-refractivity contribution is 5.63. The first kappa shape index (κ1) is 11.1. The second kappa shape index (κ2) is 4.02. The summed E-state index contributed by atoms with van der Waals surface area (Å²) in [6.45, 7) is 8.04. The molecule has 1 aromatic carbocycles. The van der Waals surface area contributed by atoms with Crippen molar-refractivity contribution in [1.82, 2.24) is 5.32 Å². The van der Waals surface area contributed by atoms with Crippen LogP contribution < -0.4 is 10.2 Å². The first-order valence-electron chi connectivity index (χ1n) is 6.70. The van der Waals surface area contributed by atoms with E-state index in [4.69, 9.17) is 0 Å². The van der Waals surface area contributed by atoms with Crippen LogP contribution in [0.1, 0.15) is 29.0 Å². The maximum absolute atomic E-state index is 3.56. The minimum absolute atomic E-state index is 0.730. The van der Waals surface area contributed by atoms with Crippen LogP contribution in [0.25, 0.3) is 0 Å². The van der Waals surface area contributed by atoms with Gasteiger partial charge in [-0.15, -0.1) is 0 Å². The Morgan fingerprint density at radius 3 is 2.94 bits per heavy atom. The van der Waals surface area contributed by atoms with Crippen LogP contribution in [0, 0.1) is 19.8 Å². The Labute approximate surface area is 104 Å². The molecular formula is C15H22N2. The van der Waals surface area contributed by atoms with E-state index >= 15 is 0 Å². The average molecular weight is 230 g/mol. The Kier molecular flexibility index (Phi) is 2.62. The Hall–Kier alpha value is -1.02. The molecule has 0 saturated carbocycles. The zero-order valence-corrected chi connectivity index (χ0v) is 11.1. The number of piperidine rings is 1. The van der Waals surface area contributed by atoms with E-state index in [1.165, 1.54) is 36.3 Å². The quantitative estimate of drug-likeness (QED) is 0.736. The van der Waals surface area contributed by atoms with Gasteiger partial charge in [0.15, 0.2) is 0 Å². The predicted octanol–water partition coefficient (Wildman–Crippen LogP) is 2.45. The van der Waals surface area contributed by atoms with E-state index in [1.807, 2.05) is 0 Å². The minimum atomic E-state index is 0.730. The molecule has 2 atom stereocenters. The number of fused-ring (bicyclic) bond motifs is 3. The molecule has 0 spiro atoms. The maximum Gasteiger partial charge on any atom is 0.0429 e. The second-order valence-electron chi connectivity index (χ2n) is 5.76. The molecule has 0 aromatic heterocycles. The first-order chi connectivity index (χ1) is 8.16. The van der Waals surface area contributed by atoms with Crippen LogP contribution >= 0.6 is 0 Å². The van der Waals surface area contributed by atoms with Crippen molar-refractivity contribution in [3.63, 3.8) is 0 Å². The summed E-state index contributed by atoms with van der Waals surface area (Å²) in [6, 6.07) is 4.72. The molecule has 92 valence electrons. The summed E-state index contributed by atoms with van der Waals surface area (Å²) in [5.74, 6) is 1.57. The van der Waals surface area contributed by atoms with Gasteiger partial charge in [-0.2, -0.15) is 0 Å². The lowest BCUT2D eigenvalue weighted by Gasteiger charge is -2.43. The number of benzene rings is 1. The van der Waals surface area contributed by atoms with Crippen molar-refractivity contribution in [2.24, 2.45) is 5.92 Å². The maximum atomic E-state index is 3.56. The lowest BCUT2D eigenvalue weighted by molar-refractivity contribution is 0.316. The Morgan fingerprint density at radius 2 is 2.12 bits per heavy atom. The predicted molar refractivity (Wildman–Crippen MR) is 72.9 cm³/mol. The van der Waals surface area contributed by atoms with Gasteiger partial charge in [-0.1, -0.05) is 17.7 Å². The summed E-state index contributed by atoms with van der Waals surface area (Å²) in [6.07, 6.45) is 1.32. The van der Waals surface area contributed by atoms with Crippen molar-refractivity contribution in [3.05, 3.63) is 28.8 Å². The highest BCUT2D eigenvalue weighted by Gasteiger charge is 2.34. The molecule has 0 radical (unpaired) electrons. The van der Waals surface area contributed by atoms with Gasteiger partial charge in [-0.25, -0.2) is 0 Å². The van der Waals surface area contributed by atoms with Crippen LogP contribution in [0.15, 0.2) is 12.1 Å². The summed E-state index contributed by atoms with van der Waals surface area (Å²) in [7, 11) is 2.25. The van der Waals surface area contributed by atoms with E-state index < -0.39 is 0 Å². The van der Waals surface area contributed by atoms with Gasteiger partial charge in [0.05, 0.1) is 0 Å². The molecule has 0 amide bonds. The van der Waals surface area contributed by atoms with E-state index in [0.29, 0.717) is 0 Å². The van der Waals surface area contributed by atoms with Crippen LogP contribution in [-0.4, -0.2) is 26.7 Å². The van der Waals surface area contributed by atoms with Crippen molar-refractivity contribution in [1.29, 1.82) is 0 Å².